The summed E-state index contributed by atoms with van der Waals surface area (Å²) in [6.07, 6.45) is 4.40. The molecule has 0 amide bonds. The van der Waals surface area contributed by atoms with Crippen molar-refractivity contribution < 1.29 is 13.0 Å². The maximum Gasteiger partial charge on any atom is 0.137 e. The lowest BCUT2D eigenvalue weighted by Gasteiger charge is -2.30. The summed E-state index contributed by atoms with van der Waals surface area (Å²) >= 11 is 0. The first-order chi connectivity index (χ1) is 11.2. The van der Waals surface area contributed by atoms with Crippen LogP contribution in [0.4, 0.5) is 0 Å². The van der Waals surface area contributed by atoms with E-state index in [0.29, 0.717) is 12.1 Å². The summed E-state index contributed by atoms with van der Waals surface area (Å²) in [5.74, 6) is -0.385. The van der Waals surface area contributed by atoms with E-state index < -0.39 is 10.1 Å². The Morgan fingerprint density at radius 1 is 1.21 bits per heavy atom. The molecule has 0 aromatic rings. The third kappa shape index (κ3) is 6.17. The monoisotopic (exact) mass is 349 g/mol. The Labute approximate surface area is 143 Å². The zero-order valence-corrected chi connectivity index (χ0v) is 14.9. The molecule has 130 valence electrons. The molecule has 0 N–H and O–H groups in total. The van der Waals surface area contributed by atoms with E-state index in [0.717, 1.165) is 24.4 Å². The van der Waals surface area contributed by atoms with Gasteiger partial charge in [0.2, 0.25) is 0 Å². The fraction of sp³-hybridized carbons (Fsp3) is 0.500. The van der Waals surface area contributed by atoms with Crippen LogP contribution in [0.5, 0.6) is 0 Å². The molecular weight excluding hydrogens is 328 g/mol. The highest BCUT2D eigenvalue weighted by atomic mass is 32.2. The number of allylic oxidation sites excluding steroid dienone is 6. The molecule has 1 aliphatic heterocycles. The largest absolute Gasteiger partial charge is 0.748 e. The molecule has 0 saturated carbocycles. The van der Waals surface area contributed by atoms with Gasteiger partial charge >= 0.3 is 0 Å². The molecule has 1 heterocycles. The molecule has 0 aromatic heterocycles. The highest BCUT2D eigenvalue weighted by Gasteiger charge is 2.15. The first-order valence-corrected chi connectivity index (χ1v) is 9.06. The first kappa shape index (κ1) is 19.9. The molecule has 1 aliphatic rings. The van der Waals surface area contributed by atoms with Gasteiger partial charge in [-0.05, 0) is 46.0 Å². The summed E-state index contributed by atoms with van der Waals surface area (Å²) in [6, 6.07) is 3.78. The van der Waals surface area contributed by atoms with Gasteiger partial charge in [-0.1, -0.05) is 0 Å². The van der Waals surface area contributed by atoms with Crippen molar-refractivity contribution in [3.63, 3.8) is 0 Å². The molecule has 0 aromatic carbocycles. The Balaban J connectivity index is 2.61. The second kappa shape index (κ2) is 8.65. The number of nitriles is 2. The number of hydrogen-bond donors (Lipinski definition) is 0. The third-order valence-electron chi connectivity index (χ3n) is 3.74. The van der Waals surface area contributed by atoms with Gasteiger partial charge in [-0.25, -0.2) is 8.42 Å². The lowest BCUT2D eigenvalue weighted by Crippen LogP contribution is -2.30. The summed E-state index contributed by atoms with van der Waals surface area (Å²) in [6.45, 7) is 5.43. The maximum atomic E-state index is 10.6. The molecule has 0 bridgehead atoms. The van der Waals surface area contributed by atoms with Crippen molar-refractivity contribution in [1.29, 1.82) is 10.5 Å². The fourth-order valence-corrected chi connectivity index (χ4v) is 2.99. The van der Waals surface area contributed by atoms with Gasteiger partial charge in [-0.2, -0.15) is 10.5 Å². The van der Waals surface area contributed by atoms with Crippen LogP contribution in [-0.4, -0.2) is 55.2 Å². The van der Waals surface area contributed by atoms with Gasteiger partial charge in [0.25, 0.3) is 0 Å². The minimum Gasteiger partial charge on any atom is -0.748 e. The summed E-state index contributed by atoms with van der Waals surface area (Å²) in [4.78, 5) is 3.89. The predicted molar refractivity (Wildman–Crippen MR) is 89.2 cm³/mol. The standard InChI is InChI=1S/C16H22N4O3S/c1-13-9-15(16(11-17)12-18)10-14(2)20(13)6-4-5-19(3)7-8-24(21,22)23/h9-10H,4-8H2,1-3H3,(H,21,22,23)/p-1. The Bertz CT molecular complexity index is 713. The quantitative estimate of drug-likeness (QED) is 0.503. The second-order valence-corrected chi connectivity index (χ2v) is 7.22. The molecule has 0 fully saturated rings. The van der Waals surface area contributed by atoms with Crippen molar-refractivity contribution in [2.24, 2.45) is 0 Å². The Morgan fingerprint density at radius 2 is 1.75 bits per heavy atom. The van der Waals surface area contributed by atoms with Crippen LogP contribution >= 0.6 is 0 Å². The van der Waals surface area contributed by atoms with E-state index >= 15 is 0 Å². The van der Waals surface area contributed by atoms with Gasteiger partial charge in [-0.15, -0.1) is 0 Å². The van der Waals surface area contributed by atoms with Crippen molar-refractivity contribution in [3.05, 3.63) is 34.7 Å². The van der Waals surface area contributed by atoms with Crippen LogP contribution in [0, 0.1) is 22.7 Å². The van der Waals surface area contributed by atoms with E-state index in [1.807, 2.05) is 43.0 Å². The van der Waals surface area contributed by atoms with Crippen LogP contribution in [0.3, 0.4) is 0 Å². The van der Waals surface area contributed by atoms with Crippen molar-refractivity contribution in [1.82, 2.24) is 9.80 Å². The van der Waals surface area contributed by atoms with Crippen molar-refractivity contribution in [3.8, 4) is 12.1 Å². The van der Waals surface area contributed by atoms with Crippen molar-refractivity contribution in [2.75, 3.05) is 32.4 Å². The first-order valence-electron chi connectivity index (χ1n) is 7.48. The topological polar surface area (TPSA) is 111 Å². The molecule has 0 atom stereocenters. The summed E-state index contributed by atoms with van der Waals surface area (Å²) < 4.78 is 31.9. The van der Waals surface area contributed by atoms with Crippen molar-refractivity contribution >= 4 is 10.1 Å². The molecular formula is C16H21N4O3S-. The van der Waals surface area contributed by atoms with Crippen LogP contribution in [0.1, 0.15) is 20.3 Å². The highest BCUT2D eigenvalue weighted by Crippen LogP contribution is 2.24. The van der Waals surface area contributed by atoms with E-state index in [4.69, 9.17) is 10.5 Å². The van der Waals surface area contributed by atoms with Crippen molar-refractivity contribution in [2.45, 2.75) is 20.3 Å². The lowest BCUT2D eigenvalue weighted by atomic mass is 10.0. The van der Waals surface area contributed by atoms with Crippen LogP contribution < -0.4 is 0 Å². The SMILES string of the molecule is CC1=CC(=C(C#N)C#N)C=C(C)N1CCCN(C)CCS(=O)(=O)[O-]. The normalized spacial score (nSPS) is 14.8. The van der Waals surface area contributed by atoms with Crippen LogP contribution in [-0.2, 0) is 10.1 Å². The van der Waals surface area contributed by atoms with Crippen LogP contribution in [0.2, 0.25) is 0 Å². The number of rotatable bonds is 7. The van der Waals surface area contributed by atoms with Gasteiger partial charge in [0.05, 0.1) is 15.9 Å². The predicted octanol–water partition coefficient (Wildman–Crippen LogP) is 1.32. The summed E-state index contributed by atoms with van der Waals surface area (Å²) in [5, 5.41) is 17.9. The Hall–Kier alpha value is -2.13. The molecule has 0 spiro atoms. The van der Waals surface area contributed by atoms with Gasteiger partial charge in [-0.3, -0.25) is 0 Å². The van der Waals surface area contributed by atoms with Gasteiger partial charge in [0.1, 0.15) is 17.7 Å². The molecule has 8 heteroatoms. The second-order valence-electron chi connectivity index (χ2n) is 5.70. The Kier molecular flexibility index (Phi) is 7.18. The molecule has 0 aliphatic carbocycles. The Morgan fingerprint density at radius 3 is 2.21 bits per heavy atom. The maximum absolute atomic E-state index is 10.6. The van der Waals surface area contributed by atoms with Crippen LogP contribution in [0.15, 0.2) is 34.7 Å². The molecule has 0 unspecified atom stereocenters. The molecule has 1 rings (SSSR count). The minimum absolute atomic E-state index is 0.0897. The van der Waals surface area contributed by atoms with E-state index in [1.54, 1.807) is 7.05 Å². The zero-order valence-electron chi connectivity index (χ0n) is 14.1. The highest BCUT2D eigenvalue weighted by molar-refractivity contribution is 7.85. The van der Waals surface area contributed by atoms with Gasteiger partial charge in [0, 0.05) is 30.1 Å². The number of nitrogens with zero attached hydrogens (tertiary/aromatic N) is 4. The minimum atomic E-state index is -4.18. The zero-order chi connectivity index (χ0) is 18.3. The number of hydrogen-bond acceptors (Lipinski definition) is 7. The average Bonchev–Trinajstić information content (AvgIpc) is 2.48. The van der Waals surface area contributed by atoms with E-state index in [1.165, 1.54) is 0 Å². The molecule has 24 heavy (non-hydrogen) atoms. The van der Waals surface area contributed by atoms with Gasteiger partial charge in [0.15, 0.2) is 0 Å². The van der Waals surface area contributed by atoms with Crippen LogP contribution in [0.25, 0.3) is 0 Å². The van der Waals surface area contributed by atoms with E-state index in [2.05, 4.69) is 4.90 Å². The summed E-state index contributed by atoms with van der Waals surface area (Å²) in [5.41, 5.74) is 2.59. The fourth-order valence-electron chi connectivity index (χ4n) is 2.46. The molecule has 0 saturated heterocycles. The van der Waals surface area contributed by atoms with E-state index in [9.17, 15) is 13.0 Å². The summed E-state index contributed by atoms with van der Waals surface area (Å²) in [7, 11) is -2.40. The van der Waals surface area contributed by atoms with Gasteiger partial charge < -0.3 is 14.4 Å². The lowest BCUT2D eigenvalue weighted by molar-refractivity contribution is 0.314. The van der Waals surface area contributed by atoms with E-state index in [-0.39, 0.29) is 17.9 Å². The molecule has 0 radical (unpaired) electrons. The smallest absolute Gasteiger partial charge is 0.137 e. The third-order valence-corrected chi connectivity index (χ3v) is 4.42. The molecule has 7 nitrogen and oxygen atoms in total. The average molecular weight is 349 g/mol.